The van der Waals surface area contributed by atoms with E-state index < -0.39 is 0 Å². The number of halogens is 1. The van der Waals surface area contributed by atoms with Gasteiger partial charge in [-0.25, -0.2) is 4.39 Å². The molecule has 0 aliphatic carbocycles. The minimum Gasteiger partial charge on any atom is -0.508 e. The van der Waals surface area contributed by atoms with Gasteiger partial charge in [-0.05, 0) is 53.9 Å². The Kier molecular flexibility index (Phi) is 4.85. The highest BCUT2D eigenvalue weighted by atomic mass is 32.2. The summed E-state index contributed by atoms with van der Waals surface area (Å²) in [5.74, 6) is 0.106. The second-order valence-corrected chi connectivity index (χ2v) is 7.75. The molecule has 3 aromatic rings. The van der Waals surface area contributed by atoms with Gasteiger partial charge in [-0.3, -0.25) is 0 Å². The van der Waals surface area contributed by atoms with E-state index in [1.807, 2.05) is 30.3 Å². The zero-order valence-corrected chi connectivity index (χ0v) is 15.1. The lowest BCUT2D eigenvalue weighted by Crippen LogP contribution is -2.23. The third-order valence-electron chi connectivity index (χ3n) is 4.64. The lowest BCUT2D eigenvalue weighted by atomic mass is 10.1. The number of rotatable bonds is 3. The quantitative estimate of drug-likeness (QED) is 0.637. The lowest BCUT2D eigenvalue weighted by molar-refractivity contribution is 0.474. The van der Waals surface area contributed by atoms with E-state index in [4.69, 9.17) is 0 Å². The van der Waals surface area contributed by atoms with E-state index in [9.17, 15) is 9.50 Å². The minimum absolute atomic E-state index is 0.183. The number of nitrogens with zero attached hydrogens (tertiary/aromatic N) is 1. The van der Waals surface area contributed by atoms with Gasteiger partial charge in [-0.2, -0.15) is 0 Å². The van der Waals surface area contributed by atoms with Crippen LogP contribution in [0.3, 0.4) is 0 Å². The standard InChI is InChI=1S/C22H20FNOS/c23-18-7-4-6-17(14-18)21-11-12-24(15-16-5-3-8-19(25)13-16)20-9-1-2-10-22(20)26-21/h1-10,13-14,21,25H,11-12,15H2/t21-/m0/s1. The Hall–Kier alpha value is -2.46. The number of phenolic OH excluding ortho intramolecular Hbond substituents is 1. The van der Waals surface area contributed by atoms with E-state index in [1.54, 1.807) is 30.0 Å². The number of thioether (sulfide) groups is 1. The number of anilines is 1. The summed E-state index contributed by atoms with van der Waals surface area (Å²) in [6, 6.07) is 22.7. The highest BCUT2D eigenvalue weighted by Crippen LogP contribution is 2.45. The molecule has 0 spiro atoms. The Morgan fingerprint density at radius 2 is 1.85 bits per heavy atom. The van der Waals surface area contributed by atoms with Gasteiger partial charge in [-0.1, -0.05) is 36.4 Å². The molecule has 26 heavy (non-hydrogen) atoms. The molecule has 1 N–H and O–H groups in total. The van der Waals surface area contributed by atoms with Crippen LogP contribution in [0.15, 0.2) is 77.7 Å². The van der Waals surface area contributed by atoms with E-state index >= 15 is 0 Å². The number of hydrogen-bond acceptors (Lipinski definition) is 3. The summed E-state index contributed by atoms with van der Waals surface area (Å²) in [4.78, 5) is 3.55. The zero-order valence-electron chi connectivity index (χ0n) is 14.3. The van der Waals surface area contributed by atoms with Gasteiger partial charge in [0.05, 0.1) is 5.69 Å². The van der Waals surface area contributed by atoms with Crippen LogP contribution in [0.1, 0.15) is 22.8 Å². The topological polar surface area (TPSA) is 23.5 Å². The van der Waals surface area contributed by atoms with Crippen molar-refractivity contribution in [3.05, 3.63) is 89.7 Å². The monoisotopic (exact) mass is 365 g/mol. The van der Waals surface area contributed by atoms with E-state index in [1.165, 1.54) is 16.6 Å². The molecule has 0 unspecified atom stereocenters. The Labute approximate surface area is 157 Å². The molecule has 0 saturated carbocycles. The predicted octanol–water partition coefficient (Wildman–Crippen LogP) is 5.78. The fraction of sp³-hybridized carbons (Fsp3) is 0.182. The largest absolute Gasteiger partial charge is 0.508 e. The van der Waals surface area contributed by atoms with Gasteiger partial charge in [0.25, 0.3) is 0 Å². The second kappa shape index (κ2) is 7.42. The summed E-state index contributed by atoms with van der Waals surface area (Å²) in [5, 5.41) is 9.98. The SMILES string of the molecule is Oc1cccc(CN2CC[C@@H](c3cccc(F)c3)Sc3ccccc32)c1. The first-order valence-electron chi connectivity index (χ1n) is 8.73. The first-order valence-corrected chi connectivity index (χ1v) is 9.61. The fourth-order valence-electron chi connectivity index (χ4n) is 3.40. The maximum absolute atomic E-state index is 13.7. The summed E-state index contributed by atoms with van der Waals surface area (Å²) >= 11 is 1.80. The van der Waals surface area contributed by atoms with E-state index in [0.717, 1.165) is 30.6 Å². The van der Waals surface area contributed by atoms with Crippen LogP contribution < -0.4 is 4.90 Å². The Morgan fingerprint density at radius 3 is 2.69 bits per heavy atom. The normalized spacial score (nSPS) is 16.8. The first kappa shape index (κ1) is 17.0. The molecule has 0 saturated heterocycles. The third kappa shape index (κ3) is 3.70. The highest BCUT2D eigenvalue weighted by Gasteiger charge is 2.23. The number of fused-ring (bicyclic) bond motifs is 1. The number of para-hydroxylation sites is 1. The van der Waals surface area contributed by atoms with Crippen LogP contribution in [0.2, 0.25) is 0 Å². The predicted molar refractivity (Wildman–Crippen MR) is 105 cm³/mol. The molecule has 0 amide bonds. The van der Waals surface area contributed by atoms with Gasteiger partial charge in [0.2, 0.25) is 0 Å². The molecule has 0 radical (unpaired) electrons. The fourth-order valence-corrected chi connectivity index (χ4v) is 4.69. The number of benzene rings is 3. The maximum atomic E-state index is 13.7. The van der Waals surface area contributed by atoms with Crippen molar-refractivity contribution in [2.75, 3.05) is 11.4 Å². The van der Waals surface area contributed by atoms with Gasteiger partial charge in [0, 0.05) is 23.2 Å². The van der Waals surface area contributed by atoms with Crippen molar-refractivity contribution in [1.29, 1.82) is 0 Å². The number of hydrogen-bond donors (Lipinski definition) is 1. The molecule has 0 aromatic heterocycles. The first-order chi connectivity index (χ1) is 12.7. The Morgan fingerprint density at radius 1 is 1.00 bits per heavy atom. The molecule has 4 rings (SSSR count). The minimum atomic E-state index is -0.183. The van der Waals surface area contributed by atoms with Crippen LogP contribution in [-0.2, 0) is 6.54 Å². The van der Waals surface area contributed by atoms with Gasteiger partial charge >= 0.3 is 0 Å². The highest BCUT2D eigenvalue weighted by molar-refractivity contribution is 7.99. The molecule has 0 fully saturated rings. The molecule has 1 aliphatic heterocycles. The van der Waals surface area contributed by atoms with Crippen LogP contribution in [0, 0.1) is 5.82 Å². The summed E-state index contributed by atoms with van der Waals surface area (Å²) in [7, 11) is 0. The van der Waals surface area contributed by atoms with Crippen molar-refractivity contribution in [3.63, 3.8) is 0 Å². The van der Waals surface area contributed by atoms with Crippen molar-refractivity contribution < 1.29 is 9.50 Å². The second-order valence-electron chi connectivity index (χ2n) is 6.51. The van der Waals surface area contributed by atoms with E-state index in [-0.39, 0.29) is 16.8 Å². The molecular formula is C22H20FNOS. The average Bonchev–Trinajstić information content (AvgIpc) is 2.82. The summed E-state index contributed by atoms with van der Waals surface area (Å²) in [6.07, 6.45) is 0.932. The molecule has 132 valence electrons. The molecule has 1 atom stereocenters. The molecule has 0 bridgehead atoms. The van der Waals surface area contributed by atoms with Crippen molar-refractivity contribution in [1.82, 2.24) is 0 Å². The molecular weight excluding hydrogens is 345 g/mol. The van der Waals surface area contributed by atoms with Crippen molar-refractivity contribution in [2.24, 2.45) is 0 Å². The lowest BCUT2D eigenvalue weighted by Gasteiger charge is -2.24. The van der Waals surface area contributed by atoms with Gasteiger partial charge in [0.1, 0.15) is 11.6 Å². The smallest absolute Gasteiger partial charge is 0.123 e. The van der Waals surface area contributed by atoms with Crippen LogP contribution in [0.5, 0.6) is 5.75 Å². The van der Waals surface area contributed by atoms with Crippen LogP contribution >= 0.6 is 11.8 Å². The molecule has 2 nitrogen and oxygen atoms in total. The summed E-state index contributed by atoms with van der Waals surface area (Å²) < 4.78 is 13.7. The van der Waals surface area contributed by atoms with Gasteiger partial charge < -0.3 is 10.0 Å². The number of phenols is 1. The van der Waals surface area contributed by atoms with Crippen LogP contribution in [0.4, 0.5) is 10.1 Å². The Bertz CT molecular complexity index is 914. The van der Waals surface area contributed by atoms with Crippen molar-refractivity contribution in [2.45, 2.75) is 23.1 Å². The third-order valence-corrected chi connectivity index (χ3v) is 6.03. The zero-order chi connectivity index (χ0) is 17.9. The van der Waals surface area contributed by atoms with Crippen molar-refractivity contribution in [3.8, 4) is 5.75 Å². The number of aromatic hydroxyl groups is 1. The van der Waals surface area contributed by atoms with E-state index in [2.05, 4.69) is 23.1 Å². The molecule has 4 heteroatoms. The molecule has 3 aromatic carbocycles. The molecule has 1 aliphatic rings. The molecule has 1 heterocycles. The average molecular weight is 365 g/mol. The Balaban J connectivity index is 1.64. The summed E-state index contributed by atoms with van der Waals surface area (Å²) in [6.45, 7) is 1.61. The summed E-state index contributed by atoms with van der Waals surface area (Å²) in [5.41, 5.74) is 3.30. The van der Waals surface area contributed by atoms with Gasteiger partial charge in [-0.15, -0.1) is 11.8 Å². The van der Waals surface area contributed by atoms with Gasteiger partial charge in [0.15, 0.2) is 0 Å². The van der Waals surface area contributed by atoms with Crippen molar-refractivity contribution >= 4 is 17.4 Å². The van der Waals surface area contributed by atoms with E-state index in [0.29, 0.717) is 0 Å². The van der Waals surface area contributed by atoms with Crippen LogP contribution in [-0.4, -0.2) is 11.7 Å². The maximum Gasteiger partial charge on any atom is 0.123 e. The van der Waals surface area contributed by atoms with Crippen LogP contribution in [0.25, 0.3) is 0 Å².